The average molecular weight is 460 g/mol. The van der Waals surface area contributed by atoms with Crippen molar-refractivity contribution in [2.24, 2.45) is 5.92 Å². The van der Waals surface area contributed by atoms with Gasteiger partial charge in [-0.1, -0.05) is 42.0 Å². The fourth-order valence-corrected chi connectivity index (χ4v) is 5.15. The van der Waals surface area contributed by atoms with Gasteiger partial charge in [0.25, 0.3) is 0 Å². The van der Waals surface area contributed by atoms with Gasteiger partial charge in [0.15, 0.2) is 0 Å². The van der Waals surface area contributed by atoms with Crippen LogP contribution in [0.25, 0.3) is 0 Å². The number of anilines is 2. The molecule has 0 radical (unpaired) electrons. The number of hydrogen-bond acceptors (Lipinski definition) is 4. The number of hydrogen-bond donors (Lipinski definition) is 1. The number of rotatable bonds is 5. The first kappa shape index (κ1) is 22.3. The zero-order valence-corrected chi connectivity index (χ0v) is 19.6. The lowest BCUT2D eigenvalue weighted by Crippen LogP contribution is -2.61. The van der Waals surface area contributed by atoms with E-state index in [0.29, 0.717) is 12.0 Å². The minimum Gasteiger partial charge on any atom is -0.497 e. The summed E-state index contributed by atoms with van der Waals surface area (Å²) >= 11 is 0. The molecule has 0 aromatic heterocycles. The van der Waals surface area contributed by atoms with E-state index >= 15 is 0 Å². The molecule has 1 amide bonds. The Labute approximate surface area is 200 Å². The maximum Gasteiger partial charge on any atom is 0.225 e. The monoisotopic (exact) mass is 459 g/mol. The summed E-state index contributed by atoms with van der Waals surface area (Å²) < 4.78 is 19.6. The molecule has 0 saturated carbocycles. The second-order valence-electron chi connectivity index (χ2n) is 9.16. The molecule has 5 nitrogen and oxygen atoms in total. The van der Waals surface area contributed by atoms with E-state index in [-0.39, 0.29) is 30.2 Å². The van der Waals surface area contributed by atoms with Crippen molar-refractivity contribution < 1.29 is 13.9 Å². The first-order valence-corrected chi connectivity index (χ1v) is 11.8. The van der Waals surface area contributed by atoms with E-state index in [0.717, 1.165) is 36.6 Å². The summed E-state index contributed by atoms with van der Waals surface area (Å²) in [6, 6.07) is 21.2. The summed E-state index contributed by atoms with van der Waals surface area (Å²) in [5.74, 6) is 0.251. The fraction of sp³-hybridized carbons (Fsp3) is 0.321. The number of carbonyl (C=O) groups excluding carboxylic acids is 1. The van der Waals surface area contributed by atoms with E-state index in [1.54, 1.807) is 25.3 Å². The van der Waals surface area contributed by atoms with Crippen LogP contribution in [0.15, 0.2) is 66.7 Å². The molecule has 2 atom stereocenters. The fourth-order valence-electron chi connectivity index (χ4n) is 5.15. The number of benzene rings is 3. The second kappa shape index (κ2) is 9.37. The van der Waals surface area contributed by atoms with Crippen molar-refractivity contribution in [3.8, 4) is 5.75 Å². The minimum absolute atomic E-state index is 0.00952. The van der Waals surface area contributed by atoms with Gasteiger partial charge in [-0.25, -0.2) is 4.39 Å². The van der Waals surface area contributed by atoms with Crippen molar-refractivity contribution in [2.45, 2.75) is 25.9 Å². The molecular weight excluding hydrogens is 429 g/mol. The van der Waals surface area contributed by atoms with Crippen molar-refractivity contribution in [1.29, 1.82) is 0 Å². The number of nitrogens with one attached hydrogen (secondary N) is 1. The number of ether oxygens (including phenoxy) is 1. The summed E-state index contributed by atoms with van der Waals surface area (Å²) in [5.41, 5.74) is 5.19. The number of amides is 1. The van der Waals surface area contributed by atoms with Crippen molar-refractivity contribution in [2.75, 3.05) is 36.5 Å². The van der Waals surface area contributed by atoms with Gasteiger partial charge < -0.3 is 19.9 Å². The SMILES string of the molecule is COc1ccc2c(c1)N1CCN(c3ccc(C)cc3)C[C@@H]1[C@H](C(=O)NCc1ccccc1F)C2. The number of halogens is 1. The predicted octanol–water partition coefficient (Wildman–Crippen LogP) is 4.33. The zero-order chi connectivity index (χ0) is 23.7. The van der Waals surface area contributed by atoms with Crippen molar-refractivity contribution >= 4 is 17.3 Å². The standard InChI is InChI=1S/C28H30FN3O2/c1-19-7-10-22(11-8-19)31-13-14-32-26-16-23(34-2)12-9-20(26)15-24(27(32)18-31)28(33)30-17-21-5-3-4-6-25(21)29/h3-12,16,24,27H,13-15,17-18H2,1-2H3,(H,30,33)/t24-,27-/m1/s1. The van der Waals surface area contributed by atoms with Crippen LogP contribution in [-0.4, -0.2) is 38.7 Å². The Balaban J connectivity index is 1.42. The van der Waals surface area contributed by atoms with Gasteiger partial charge in [-0.2, -0.15) is 0 Å². The highest BCUT2D eigenvalue weighted by molar-refractivity contribution is 5.82. The number of methoxy groups -OCH3 is 1. The molecule has 2 aliphatic rings. The maximum atomic E-state index is 14.1. The molecule has 0 bridgehead atoms. The van der Waals surface area contributed by atoms with Crippen LogP contribution in [0.3, 0.4) is 0 Å². The van der Waals surface area contributed by atoms with E-state index in [2.05, 4.69) is 58.4 Å². The van der Waals surface area contributed by atoms with Gasteiger partial charge in [0.05, 0.1) is 19.1 Å². The van der Waals surface area contributed by atoms with Gasteiger partial charge in [-0.05, 0) is 43.2 Å². The predicted molar refractivity (Wildman–Crippen MR) is 133 cm³/mol. The molecule has 0 unspecified atom stereocenters. The van der Waals surface area contributed by atoms with E-state index < -0.39 is 0 Å². The molecule has 2 aliphatic heterocycles. The average Bonchev–Trinajstić information content (AvgIpc) is 2.87. The number of nitrogens with zero attached hydrogens (tertiary/aromatic N) is 2. The minimum atomic E-state index is -0.297. The third kappa shape index (κ3) is 4.32. The highest BCUT2D eigenvalue weighted by atomic mass is 19.1. The quantitative estimate of drug-likeness (QED) is 0.617. The summed E-state index contributed by atoms with van der Waals surface area (Å²) in [4.78, 5) is 18.2. The lowest BCUT2D eigenvalue weighted by Gasteiger charge is -2.49. The summed E-state index contributed by atoms with van der Waals surface area (Å²) in [5, 5.41) is 3.01. The smallest absolute Gasteiger partial charge is 0.225 e. The van der Waals surface area contributed by atoms with Gasteiger partial charge in [0.1, 0.15) is 11.6 Å². The van der Waals surface area contributed by atoms with Crippen molar-refractivity contribution in [3.63, 3.8) is 0 Å². The Morgan fingerprint density at radius 1 is 1.09 bits per heavy atom. The molecule has 1 N–H and O–H groups in total. The molecule has 176 valence electrons. The maximum absolute atomic E-state index is 14.1. The lowest BCUT2D eigenvalue weighted by molar-refractivity contribution is -0.126. The van der Waals surface area contributed by atoms with Crippen LogP contribution in [0.4, 0.5) is 15.8 Å². The summed E-state index contributed by atoms with van der Waals surface area (Å²) in [6.45, 7) is 4.71. The largest absolute Gasteiger partial charge is 0.497 e. The number of piperazine rings is 1. The molecular formula is C28H30FN3O2. The first-order valence-electron chi connectivity index (χ1n) is 11.8. The van der Waals surface area contributed by atoms with E-state index in [4.69, 9.17) is 4.74 Å². The zero-order valence-electron chi connectivity index (χ0n) is 19.6. The molecule has 0 aliphatic carbocycles. The second-order valence-corrected chi connectivity index (χ2v) is 9.16. The normalized spacial score (nSPS) is 19.3. The number of fused-ring (bicyclic) bond motifs is 3. The third-order valence-electron chi connectivity index (χ3n) is 7.07. The van der Waals surface area contributed by atoms with Gasteiger partial charge in [0.2, 0.25) is 5.91 Å². The number of aryl methyl sites for hydroxylation is 1. The highest BCUT2D eigenvalue weighted by Gasteiger charge is 2.41. The van der Waals surface area contributed by atoms with Crippen molar-refractivity contribution in [1.82, 2.24) is 5.32 Å². The Hall–Kier alpha value is -3.54. The van der Waals surface area contributed by atoms with Gasteiger partial charge >= 0.3 is 0 Å². The molecule has 0 spiro atoms. The topological polar surface area (TPSA) is 44.8 Å². The molecule has 1 saturated heterocycles. The molecule has 5 rings (SSSR count). The van der Waals surface area contributed by atoms with Crippen LogP contribution in [0.2, 0.25) is 0 Å². The summed E-state index contributed by atoms with van der Waals surface area (Å²) in [7, 11) is 1.68. The molecule has 34 heavy (non-hydrogen) atoms. The van der Waals surface area contributed by atoms with Gasteiger partial charge in [-0.3, -0.25) is 4.79 Å². The van der Waals surface area contributed by atoms with Crippen LogP contribution >= 0.6 is 0 Å². The van der Waals surface area contributed by atoms with Crippen LogP contribution in [0.5, 0.6) is 5.75 Å². The third-order valence-corrected chi connectivity index (χ3v) is 7.07. The van der Waals surface area contributed by atoms with Gasteiger partial charge in [0, 0.05) is 49.2 Å². The van der Waals surface area contributed by atoms with Crippen LogP contribution in [-0.2, 0) is 17.8 Å². The van der Waals surface area contributed by atoms with E-state index in [1.165, 1.54) is 17.3 Å². The van der Waals surface area contributed by atoms with Crippen LogP contribution in [0, 0.1) is 18.7 Å². The van der Waals surface area contributed by atoms with E-state index in [9.17, 15) is 9.18 Å². The Morgan fingerprint density at radius 3 is 2.65 bits per heavy atom. The van der Waals surface area contributed by atoms with Gasteiger partial charge in [-0.15, -0.1) is 0 Å². The Kier molecular flexibility index (Phi) is 6.14. The molecule has 1 fully saturated rings. The molecule has 3 aromatic rings. The molecule has 6 heteroatoms. The van der Waals surface area contributed by atoms with Crippen LogP contribution in [0.1, 0.15) is 16.7 Å². The van der Waals surface area contributed by atoms with Crippen LogP contribution < -0.4 is 19.9 Å². The van der Waals surface area contributed by atoms with Crippen molar-refractivity contribution in [3.05, 3.63) is 89.2 Å². The first-order chi connectivity index (χ1) is 16.5. The number of carbonyl (C=O) groups is 1. The molecule has 2 heterocycles. The highest BCUT2D eigenvalue weighted by Crippen LogP contribution is 2.39. The summed E-state index contributed by atoms with van der Waals surface area (Å²) in [6.07, 6.45) is 0.644. The Morgan fingerprint density at radius 2 is 1.88 bits per heavy atom. The lowest BCUT2D eigenvalue weighted by atomic mass is 9.83. The molecule has 3 aromatic carbocycles. The van der Waals surface area contributed by atoms with E-state index in [1.807, 2.05) is 6.07 Å². The Bertz CT molecular complexity index is 1180.